The number of pyridine rings is 1. The predicted octanol–water partition coefficient (Wildman–Crippen LogP) is 5.32. The van der Waals surface area contributed by atoms with Gasteiger partial charge in [0, 0.05) is 29.4 Å². The minimum atomic E-state index is -0.392. The van der Waals surface area contributed by atoms with Gasteiger partial charge in [0.25, 0.3) is 0 Å². The molecule has 0 aliphatic carbocycles. The first-order valence-electron chi connectivity index (χ1n) is 8.84. The Balaban J connectivity index is 1.45. The Labute approximate surface area is 170 Å². The third-order valence-electron chi connectivity index (χ3n) is 3.99. The first-order valence-corrected chi connectivity index (χ1v) is 9.72. The lowest BCUT2D eigenvalue weighted by molar-refractivity contribution is -0.115. The second kappa shape index (κ2) is 8.62. The molecule has 1 amide bonds. The number of thiazole rings is 1. The van der Waals surface area contributed by atoms with Crippen molar-refractivity contribution in [1.29, 1.82) is 0 Å². The minimum absolute atomic E-state index is 0.130. The zero-order chi connectivity index (χ0) is 20.1. The largest absolute Gasteiger partial charge is 0.455 e. The molecule has 0 spiro atoms. The van der Waals surface area contributed by atoms with E-state index in [1.54, 1.807) is 48.8 Å². The number of carbonyl (C=O) groups is 1. The van der Waals surface area contributed by atoms with E-state index in [0.717, 1.165) is 10.6 Å². The van der Waals surface area contributed by atoms with E-state index in [0.29, 0.717) is 22.9 Å². The molecule has 4 rings (SSSR count). The molecule has 144 valence electrons. The summed E-state index contributed by atoms with van der Waals surface area (Å²) in [5.74, 6) is 0.174. The smallest absolute Gasteiger partial charge is 0.230 e. The maximum Gasteiger partial charge on any atom is 0.230 e. The van der Waals surface area contributed by atoms with Gasteiger partial charge in [0.1, 0.15) is 16.6 Å². The van der Waals surface area contributed by atoms with Crippen molar-refractivity contribution in [2.45, 2.75) is 6.42 Å². The molecule has 0 saturated heterocycles. The number of anilines is 1. The summed E-state index contributed by atoms with van der Waals surface area (Å²) in [6, 6.07) is 16.6. The molecule has 2 aromatic carbocycles. The molecule has 0 bridgehead atoms. The fraction of sp³-hybridized carbons (Fsp3) is 0.0455. The van der Waals surface area contributed by atoms with Crippen LogP contribution in [0.25, 0.3) is 10.6 Å². The lowest BCUT2D eigenvalue weighted by Gasteiger charge is -2.12. The molecule has 0 atom stereocenters. The van der Waals surface area contributed by atoms with E-state index in [1.807, 2.05) is 17.5 Å². The highest BCUT2D eigenvalue weighted by molar-refractivity contribution is 7.13. The molecule has 1 N–H and O–H groups in total. The molecule has 4 aromatic rings. The number of halogens is 1. The summed E-state index contributed by atoms with van der Waals surface area (Å²) >= 11 is 1.47. The normalized spacial score (nSPS) is 10.5. The van der Waals surface area contributed by atoms with Gasteiger partial charge in [0.2, 0.25) is 5.91 Å². The number of rotatable bonds is 6. The SMILES string of the molecule is O=C(Cc1csc(-c2cccnc2)n1)Nc1ccccc1Oc1cccc(F)c1. The van der Waals surface area contributed by atoms with Crippen molar-refractivity contribution in [2.75, 3.05) is 5.32 Å². The number of aromatic nitrogens is 2. The Morgan fingerprint density at radius 2 is 2.00 bits per heavy atom. The van der Waals surface area contributed by atoms with Crippen LogP contribution < -0.4 is 10.1 Å². The zero-order valence-corrected chi connectivity index (χ0v) is 16.0. The molecule has 0 fully saturated rings. The first kappa shape index (κ1) is 18.8. The van der Waals surface area contributed by atoms with E-state index >= 15 is 0 Å². The van der Waals surface area contributed by atoms with Gasteiger partial charge >= 0.3 is 0 Å². The number of nitrogens with zero attached hydrogens (tertiary/aromatic N) is 2. The number of carbonyl (C=O) groups excluding carboxylic acids is 1. The summed E-state index contributed by atoms with van der Waals surface area (Å²) in [6.45, 7) is 0. The first-order chi connectivity index (χ1) is 14.2. The van der Waals surface area contributed by atoms with Gasteiger partial charge in [-0.3, -0.25) is 9.78 Å². The van der Waals surface area contributed by atoms with Gasteiger partial charge in [-0.1, -0.05) is 18.2 Å². The van der Waals surface area contributed by atoms with Crippen molar-refractivity contribution in [3.8, 4) is 22.1 Å². The third kappa shape index (κ3) is 4.83. The highest BCUT2D eigenvalue weighted by Crippen LogP contribution is 2.30. The van der Waals surface area contributed by atoms with Gasteiger partial charge in [-0.05, 0) is 36.4 Å². The summed E-state index contributed by atoms with van der Waals surface area (Å²) in [4.78, 5) is 21.1. The number of benzene rings is 2. The molecule has 5 nitrogen and oxygen atoms in total. The standard InChI is InChI=1S/C22H16FN3O2S/c23-16-6-3-7-18(11-16)28-20-9-2-1-8-19(20)26-21(27)12-17-14-29-22(25-17)15-5-4-10-24-13-15/h1-11,13-14H,12H2,(H,26,27). The number of hydrogen-bond donors (Lipinski definition) is 1. The van der Waals surface area contributed by atoms with Crippen LogP contribution in [0, 0.1) is 5.82 Å². The molecular formula is C22H16FN3O2S. The van der Waals surface area contributed by atoms with Crippen LogP contribution in [0.15, 0.2) is 78.4 Å². The average Bonchev–Trinajstić information content (AvgIpc) is 3.18. The lowest BCUT2D eigenvalue weighted by Crippen LogP contribution is -2.15. The van der Waals surface area contributed by atoms with Crippen molar-refractivity contribution in [3.63, 3.8) is 0 Å². The van der Waals surface area contributed by atoms with E-state index in [-0.39, 0.29) is 12.3 Å². The Morgan fingerprint density at radius 3 is 2.83 bits per heavy atom. The maximum absolute atomic E-state index is 13.4. The van der Waals surface area contributed by atoms with Gasteiger partial charge in [0.15, 0.2) is 5.75 Å². The average molecular weight is 405 g/mol. The quantitative estimate of drug-likeness (QED) is 0.472. The lowest BCUT2D eigenvalue weighted by atomic mass is 10.2. The Bertz CT molecular complexity index is 1130. The van der Waals surface area contributed by atoms with Crippen LogP contribution in [-0.4, -0.2) is 15.9 Å². The molecule has 2 heterocycles. The summed E-state index contributed by atoms with van der Waals surface area (Å²) in [6.07, 6.45) is 3.57. The molecule has 7 heteroatoms. The van der Waals surface area contributed by atoms with Crippen molar-refractivity contribution in [3.05, 3.63) is 89.9 Å². The van der Waals surface area contributed by atoms with Crippen LogP contribution in [0.4, 0.5) is 10.1 Å². The van der Waals surface area contributed by atoms with Crippen LogP contribution in [0.1, 0.15) is 5.69 Å². The number of para-hydroxylation sites is 2. The van der Waals surface area contributed by atoms with Crippen LogP contribution in [0.5, 0.6) is 11.5 Å². The Morgan fingerprint density at radius 1 is 1.10 bits per heavy atom. The number of nitrogens with one attached hydrogen (secondary N) is 1. The van der Waals surface area contributed by atoms with Crippen molar-refractivity contribution in [2.24, 2.45) is 0 Å². The van der Waals surface area contributed by atoms with Crippen molar-refractivity contribution < 1.29 is 13.9 Å². The van der Waals surface area contributed by atoms with E-state index in [9.17, 15) is 9.18 Å². The molecule has 0 unspecified atom stereocenters. The molecule has 0 aliphatic heterocycles. The second-order valence-electron chi connectivity index (χ2n) is 6.17. The predicted molar refractivity (Wildman–Crippen MR) is 111 cm³/mol. The van der Waals surface area contributed by atoms with Crippen molar-refractivity contribution >= 4 is 22.9 Å². The molecule has 0 saturated carbocycles. The highest BCUT2D eigenvalue weighted by atomic mass is 32.1. The minimum Gasteiger partial charge on any atom is -0.455 e. The molecule has 0 radical (unpaired) electrons. The van der Waals surface area contributed by atoms with Crippen LogP contribution in [0.3, 0.4) is 0 Å². The zero-order valence-electron chi connectivity index (χ0n) is 15.2. The van der Waals surface area contributed by atoms with Gasteiger partial charge in [-0.2, -0.15) is 0 Å². The van der Waals surface area contributed by atoms with Gasteiger partial charge in [-0.15, -0.1) is 11.3 Å². The number of ether oxygens (including phenoxy) is 1. The monoisotopic (exact) mass is 405 g/mol. The summed E-state index contributed by atoms with van der Waals surface area (Å²) in [7, 11) is 0. The van der Waals surface area contributed by atoms with E-state index < -0.39 is 5.82 Å². The summed E-state index contributed by atoms with van der Waals surface area (Å²) in [5.41, 5.74) is 2.09. The molecule has 29 heavy (non-hydrogen) atoms. The highest BCUT2D eigenvalue weighted by Gasteiger charge is 2.12. The topological polar surface area (TPSA) is 64.1 Å². The summed E-state index contributed by atoms with van der Waals surface area (Å²) < 4.78 is 19.1. The van der Waals surface area contributed by atoms with E-state index in [4.69, 9.17) is 4.74 Å². The van der Waals surface area contributed by atoms with Gasteiger partial charge in [0.05, 0.1) is 17.8 Å². The molecular weight excluding hydrogens is 389 g/mol. The number of amides is 1. The number of hydrogen-bond acceptors (Lipinski definition) is 5. The fourth-order valence-corrected chi connectivity index (χ4v) is 3.50. The van der Waals surface area contributed by atoms with E-state index in [1.165, 1.54) is 23.5 Å². The second-order valence-corrected chi connectivity index (χ2v) is 7.02. The molecule has 0 aliphatic rings. The molecule has 2 aromatic heterocycles. The maximum atomic E-state index is 13.4. The van der Waals surface area contributed by atoms with Crippen LogP contribution in [-0.2, 0) is 11.2 Å². The van der Waals surface area contributed by atoms with E-state index in [2.05, 4.69) is 15.3 Å². The fourth-order valence-electron chi connectivity index (χ4n) is 2.69. The van der Waals surface area contributed by atoms with Crippen LogP contribution in [0.2, 0.25) is 0 Å². The van der Waals surface area contributed by atoms with Gasteiger partial charge < -0.3 is 10.1 Å². The van der Waals surface area contributed by atoms with Gasteiger partial charge in [-0.25, -0.2) is 9.37 Å². The third-order valence-corrected chi connectivity index (χ3v) is 4.93. The van der Waals surface area contributed by atoms with Crippen molar-refractivity contribution in [1.82, 2.24) is 9.97 Å². The summed E-state index contributed by atoms with van der Waals surface area (Å²) in [5, 5.41) is 5.51. The van der Waals surface area contributed by atoms with Crippen LogP contribution >= 0.6 is 11.3 Å². The Kier molecular flexibility index (Phi) is 5.58. The Hall–Kier alpha value is -3.58.